The third-order valence-electron chi connectivity index (χ3n) is 2.70. The Labute approximate surface area is 81.2 Å². The lowest BCUT2D eigenvalue weighted by Crippen LogP contribution is -2.35. The zero-order valence-electron chi connectivity index (χ0n) is 7.92. The van der Waals surface area contributed by atoms with Crippen LogP contribution in [0.1, 0.15) is 19.8 Å². The Morgan fingerprint density at radius 2 is 2.08 bits per heavy atom. The van der Waals surface area contributed by atoms with Crippen molar-refractivity contribution in [1.29, 1.82) is 0 Å². The van der Waals surface area contributed by atoms with Gasteiger partial charge in [-0.2, -0.15) is 12.6 Å². The molecule has 0 spiro atoms. The molecular formula is C10H19NS. The first-order chi connectivity index (χ1) is 5.74. The Morgan fingerprint density at radius 3 is 2.50 bits per heavy atom. The summed E-state index contributed by atoms with van der Waals surface area (Å²) >= 11 is 4.23. The number of hydrogen-bond donors (Lipinski definition) is 1. The normalized spacial score (nSPS) is 21.2. The molecule has 0 bridgehead atoms. The zero-order chi connectivity index (χ0) is 8.97. The van der Waals surface area contributed by atoms with E-state index in [1.54, 1.807) is 0 Å². The first-order valence-corrected chi connectivity index (χ1v) is 5.36. The van der Waals surface area contributed by atoms with Gasteiger partial charge in [0.05, 0.1) is 0 Å². The summed E-state index contributed by atoms with van der Waals surface area (Å²) in [6.45, 7) is 9.78. The molecule has 0 unspecified atom stereocenters. The molecule has 0 saturated carbocycles. The Bertz CT molecular complexity index is 148. The van der Waals surface area contributed by atoms with Crippen molar-refractivity contribution in [3.8, 4) is 0 Å². The third-order valence-corrected chi connectivity index (χ3v) is 2.90. The van der Waals surface area contributed by atoms with Gasteiger partial charge in [0.15, 0.2) is 0 Å². The summed E-state index contributed by atoms with van der Waals surface area (Å²) in [5, 5.41) is 0. The predicted molar refractivity (Wildman–Crippen MR) is 57.8 cm³/mol. The van der Waals surface area contributed by atoms with Gasteiger partial charge in [-0.05, 0) is 38.8 Å². The molecule has 0 radical (unpaired) electrons. The van der Waals surface area contributed by atoms with Crippen molar-refractivity contribution >= 4 is 12.6 Å². The molecule has 1 nitrogen and oxygen atoms in total. The SMILES string of the molecule is C=C(C)C1CCN(CCS)CC1. The molecule has 0 atom stereocenters. The highest BCUT2D eigenvalue weighted by molar-refractivity contribution is 7.80. The van der Waals surface area contributed by atoms with Crippen LogP contribution in [0.4, 0.5) is 0 Å². The van der Waals surface area contributed by atoms with Gasteiger partial charge in [-0.15, -0.1) is 0 Å². The van der Waals surface area contributed by atoms with E-state index in [1.165, 1.54) is 31.5 Å². The number of piperidine rings is 1. The molecule has 70 valence electrons. The first-order valence-electron chi connectivity index (χ1n) is 4.72. The number of allylic oxidation sites excluding steroid dienone is 1. The Hall–Kier alpha value is 0.0500. The Morgan fingerprint density at radius 1 is 1.50 bits per heavy atom. The van der Waals surface area contributed by atoms with Crippen LogP contribution < -0.4 is 0 Å². The lowest BCUT2D eigenvalue weighted by atomic mass is 9.91. The number of hydrogen-bond acceptors (Lipinski definition) is 2. The summed E-state index contributed by atoms with van der Waals surface area (Å²) in [7, 11) is 0. The molecular weight excluding hydrogens is 166 g/mol. The van der Waals surface area contributed by atoms with E-state index in [4.69, 9.17) is 0 Å². The summed E-state index contributed by atoms with van der Waals surface area (Å²) in [5.41, 5.74) is 1.36. The maximum absolute atomic E-state index is 4.23. The Kier molecular flexibility index (Phi) is 4.16. The minimum absolute atomic E-state index is 0.779. The van der Waals surface area contributed by atoms with Crippen LogP contribution in [-0.2, 0) is 0 Å². The van der Waals surface area contributed by atoms with Crippen LogP contribution in [0.2, 0.25) is 0 Å². The molecule has 1 heterocycles. The number of likely N-dealkylation sites (tertiary alicyclic amines) is 1. The van der Waals surface area contributed by atoms with Crippen molar-refractivity contribution in [1.82, 2.24) is 4.90 Å². The summed E-state index contributed by atoms with van der Waals surface area (Å²) in [5.74, 6) is 1.76. The van der Waals surface area contributed by atoms with Gasteiger partial charge in [0.2, 0.25) is 0 Å². The van der Waals surface area contributed by atoms with E-state index in [9.17, 15) is 0 Å². The highest BCUT2D eigenvalue weighted by atomic mass is 32.1. The van der Waals surface area contributed by atoms with Crippen LogP contribution in [0.25, 0.3) is 0 Å². The van der Waals surface area contributed by atoms with Gasteiger partial charge in [-0.1, -0.05) is 12.2 Å². The van der Waals surface area contributed by atoms with E-state index < -0.39 is 0 Å². The van der Waals surface area contributed by atoms with Crippen molar-refractivity contribution in [2.24, 2.45) is 5.92 Å². The second kappa shape index (κ2) is 4.93. The fraction of sp³-hybridized carbons (Fsp3) is 0.800. The zero-order valence-corrected chi connectivity index (χ0v) is 8.82. The molecule has 0 aliphatic carbocycles. The van der Waals surface area contributed by atoms with Crippen molar-refractivity contribution in [3.05, 3.63) is 12.2 Å². The van der Waals surface area contributed by atoms with Gasteiger partial charge < -0.3 is 4.90 Å². The van der Waals surface area contributed by atoms with E-state index in [0.29, 0.717) is 0 Å². The third kappa shape index (κ3) is 2.83. The van der Waals surface area contributed by atoms with Crippen LogP contribution in [0.3, 0.4) is 0 Å². The molecule has 1 aliphatic heterocycles. The van der Waals surface area contributed by atoms with Gasteiger partial charge in [-0.3, -0.25) is 0 Å². The second-order valence-electron chi connectivity index (χ2n) is 3.69. The first kappa shape index (κ1) is 10.1. The summed E-state index contributed by atoms with van der Waals surface area (Å²) in [4.78, 5) is 2.49. The fourth-order valence-corrected chi connectivity index (χ4v) is 2.07. The van der Waals surface area contributed by atoms with Gasteiger partial charge in [0.25, 0.3) is 0 Å². The van der Waals surface area contributed by atoms with Gasteiger partial charge >= 0.3 is 0 Å². The van der Waals surface area contributed by atoms with Crippen molar-refractivity contribution in [3.63, 3.8) is 0 Å². The van der Waals surface area contributed by atoms with Crippen LogP contribution >= 0.6 is 12.6 Å². The highest BCUT2D eigenvalue weighted by Crippen LogP contribution is 2.22. The smallest absolute Gasteiger partial charge is 0.00698 e. The summed E-state index contributed by atoms with van der Waals surface area (Å²) < 4.78 is 0. The van der Waals surface area contributed by atoms with Crippen LogP contribution in [0.5, 0.6) is 0 Å². The average Bonchev–Trinajstić information content (AvgIpc) is 2.06. The molecule has 0 aromatic carbocycles. The molecule has 2 heteroatoms. The molecule has 0 amide bonds. The molecule has 0 aromatic heterocycles. The molecule has 1 aliphatic rings. The highest BCUT2D eigenvalue weighted by Gasteiger charge is 2.18. The number of rotatable bonds is 3. The topological polar surface area (TPSA) is 3.24 Å². The molecule has 1 saturated heterocycles. The van der Waals surface area contributed by atoms with Gasteiger partial charge in [0, 0.05) is 12.3 Å². The van der Waals surface area contributed by atoms with Crippen LogP contribution in [-0.4, -0.2) is 30.3 Å². The standard InChI is InChI=1S/C10H19NS/c1-9(2)10-3-5-11(6-4-10)7-8-12/h10,12H,1,3-8H2,2H3. The Balaban J connectivity index is 2.25. The van der Waals surface area contributed by atoms with Crippen LogP contribution in [0, 0.1) is 5.92 Å². The van der Waals surface area contributed by atoms with E-state index in [-0.39, 0.29) is 0 Å². The largest absolute Gasteiger partial charge is 0.302 e. The molecule has 1 rings (SSSR count). The number of thiol groups is 1. The molecule has 12 heavy (non-hydrogen) atoms. The van der Waals surface area contributed by atoms with Crippen LogP contribution in [0.15, 0.2) is 12.2 Å². The molecule has 0 aromatic rings. The number of nitrogens with zero attached hydrogens (tertiary/aromatic N) is 1. The van der Waals surface area contributed by atoms with Crippen molar-refractivity contribution in [2.45, 2.75) is 19.8 Å². The molecule has 0 N–H and O–H groups in total. The van der Waals surface area contributed by atoms with Gasteiger partial charge in [0.1, 0.15) is 0 Å². The van der Waals surface area contributed by atoms with E-state index in [0.717, 1.165) is 18.2 Å². The fourth-order valence-electron chi connectivity index (χ4n) is 1.79. The summed E-state index contributed by atoms with van der Waals surface area (Å²) in [6.07, 6.45) is 2.59. The maximum atomic E-state index is 4.23. The molecule has 1 fully saturated rings. The lowest BCUT2D eigenvalue weighted by Gasteiger charge is -2.31. The van der Waals surface area contributed by atoms with Crippen molar-refractivity contribution < 1.29 is 0 Å². The van der Waals surface area contributed by atoms with E-state index in [2.05, 4.69) is 31.0 Å². The minimum atomic E-state index is 0.779. The summed E-state index contributed by atoms with van der Waals surface area (Å²) in [6, 6.07) is 0. The minimum Gasteiger partial charge on any atom is -0.302 e. The predicted octanol–water partition coefficient (Wildman–Crippen LogP) is 2.20. The average molecular weight is 185 g/mol. The second-order valence-corrected chi connectivity index (χ2v) is 4.13. The van der Waals surface area contributed by atoms with E-state index in [1.807, 2.05) is 0 Å². The van der Waals surface area contributed by atoms with E-state index >= 15 is 0 Å². The quantitative estimate of drug-likeness (QED) is 0.521. The monoisotopic (exact) mass is 185 g/mol. The lowest BCUT2D eigenvalue weighted by molar-refractivity contribution is 0.210. The van der Waals surface area contributed by atoms with Gasteiger partial charge in [-0.25, -0.2) is 0 Å². The van der Waals surface area contributed by atoms with Crippen molar-refractivity contribution in [2.75, 3.05) is 25.4 Å². The maximum Gasteiger partial charge on any atom is 0.00698 e.